The van der Waals surface area contributed by atoms with E-state index in [1.165, 1.54) is 11.4 Å². The second-order valence-corrected chi connectivity index (χ2v) is 6.72. The molecule has 1 aliphatic heterocycles. The summed E-state index contributed by atoms with van der Waals surface area (Å²) >= 11 is 0. The Labute approximate surface area is 123 Å². The van der Waals surface area contributed by atoms with Crippen molar-refractivity contribution in [3.05, 3.63) is 36.4 Å². The average Bonchev–Trinajstić information content (AvgIpc) is 2.70. The number of hydrogen-bond donors (Lipinski definition) is 0. The first-order valence-electron chi connectivity index (χ1n) is 6.67. The summed E-state index contributed by atoms with van der Waals surface area (Å²) < 4.78 is 31.2. The molecule has 0 bridgehead atoms. The Kier molecular flexibility index (Phi) is 3.33. The second kappa shape index (κ2) is 5.04. The van der Waals surface area contributed by atoms with E-state index >= 15 is 0 Å². The van der Waals surface area contributed by atoms with Crippen LogP contribution in [0.4, 0.5) is 5.69 Å². The van der Waals surface area contributed by atoms with Gasteiger partial charge in [-0.05, 0) is 23.9 Å². The van der Waals surface area contributed by atoms with E-state index in [0.29, 0.717) is 17.0 Å². The van der Waals surface area contributed by atoms with Crippen LogP contribution in [0.5, 0.6) is 0 Å². The molecule has 0 unspecified atom stereocenters. The molecule has 0 amide bonds. The summed E-state index contributed by atoms with van der Waals surface area (Å²) in [6.45, 7) is 0.269. The monoisotopic (exact) mass is 305 g/mol. The van der Waals surface area contributed by atoms with Gasteiger partial charge in [-0.15, -0.1) is 0 Å². The lowest BCUT2D eigenvalue weighted by molar-refractivity contribution is -0.140. The zero-order valence-corrected chi connectivity index (χ0v) is 12.4. The highest BCUT2D eigenvalue weighted by molar-refractivity contribution is 7.93. The van der Waals surface area contributed by atoms with Crippen LogP contribution in [0.3, 0.4) is 0 Å². The number of benzene rings is 2. The summed E-state index contributed by atoms with van der Waals surface area (Å²) in [4.78, 5) is 11.5. The van der Waals surface area contributed by atoms with Gasteiger partial charge >= 0.3 is 5.97 Å². The predicted molar refractivity (Wildman–Crippen MR) is 79.7 cm³/mol. The predicted octanol–water partition coefficient (Wildman–Crippen LogP) is 2.30. The lowest BCUT2D eigenvalue weighted by Gasteiger charge is -2.18. The molecule has 0 saturated carbocycles. The lowest BCUT2D eigenvalue weighted by atomic mass is 10.1. The fourth-order valence-corrected chi connectivity index (χ4v) is 4.42. The highest BCUT2D eigenvalue weighted by atomic mass is 32.2. The molecule has 0 aromatic heterocycles. The number of rotatable bonds is 4. The minimum absolute atomic E-state index is 0.203. The molecule has 1 aliphatic rings. The maximum Gasteiger partial charge on any atom is 0.305 e. The van der Waals surface area contributed by atoms with E-state index in [1.54, 1.807) is 18.2 Å². The third-order valence-electron chi connectivity index (χ3n) is 3.65. The fourth-order valence-electron chi connectivity index (χ4n) is 2.67. The van der Waals surface area contributed by atoms with Crippen LogP contribution < -0.4 is 4.31 Å². The number of methoxy groups -OCH3 is 1. The molecular formula is C15H15NO4S. The Balaban J connectivity index is 1.97. The Morgan fingerprint density at radius 1 is 1.19 bits per heavy atom. The van der Waals surface area contributed by atoms with Crippen LogP contribution in [0.2, 0.25) is 0 Å². The Bertz CT molecular complexity index is 808. The molecule has 110 valence electrons. The molecule has 3 rings (SSSR count). The molecule has 2 aromatic rings. The molecule has 6 heteroatoms. The number of ether oxygens (including phenoxy) is 1. The van der Waals surface area contributed by atoms with Crippen LogP contribution in [-0.4, -0.2) is 28.0 Å². The van der Waals surface area contributed by atoms with Crippen LogP contribution in [0.1, 0.15) is 12.8 Å². The molecule has 21 heavy (non-hydrogen) atoms. The average molecular weight is 305 g/mol. The summed E-state index contributed by atoms with van der Waals surface area (Å²) in [5.74, 6) is -0.331. The molecule has 0 saturated heterocycles. The third-order valence-corrected chi connectivity index (χ3v) is 5.51. The van der Waals surface area contributed by atoms with Crippen molar-refractivity contribution in [3.63, 3.8) is 0 Å². The number of esters is 1. The van der Waals surface area contributed by atoms with Crippen molar-refractivity contribution < 1.29 is 17.9 Å². The van der Waals surface area contributed by atoms with Crippen molar-refractivity contribution in [3.8, 4) is 0 Å². The van der Waals surface area contributed by atoms with Crippen LogP contribution in [-0.2, 0) is 19.6 Å². The molecule has 0 radical (unpaired) electrons. The van der Waals surface area contributed by atoms with Gasteiger partial charge in [0.2, 0.25) is 0 Å². The smallest absolute Gasteiger partial charge is 0.305 e. The maximum atomic E-state index is 12.6. The van der Waals surface area contributed by atoms with Crippen molar-refractivity contribution in [1.29, 1.82) is 0 Å². The van der Waals surface area contributed by atoms with Crippen molar-refractivity contribution >= 4 is 32.5 Å². The van der Waals surface area contributed by atoms with Crippen molar-refractivity contribution in [2.24, 2.45) is 0 Å². The SMILES string of the molecule is COC(=O)CCCN1c2cccc3cccc(c23)S1(=O)=O. The molecule has 5 nitrogen and oxygen atoms in total. The van der Waals surface area contributed by atoms with E-state index in [2.05, 4.69) is 4.74 Å². The molecule has 0 atom stereocenters. The van der Waals surface area contributed by atoms with Gasteiger partial charge < -0.3 is 4.74 Å². The quantitative estimate of drug-likeness (QED) is 0.813. The van der Waals surface area contributed by atoms with Gasteiger partial charge in [0.05, 0.1) is 17.7 Å². The summed E-state index contributed by atoms with van der Waals surface area (Å²) in [5, 5.41) is 1.67. The van der Waals surface area contributed by atoms with Gasteiger partial charge in [0, 0.05) is 18.4 Å². The second-order valence-electron chi connectivity index (χ2n) is 4.89. The number of anilines is 1. The maximum absolute atomic E-state index is 12.6. The zero-order valence-electron chi connectivity index (χ0n) is 11.6. The van der Waals surface area contributed by atoms with E-state index in [4.69, 9.17) is 0 Å². The molecule has 0 spiro atoms. The van der Waals surface area contributed by atoms with Crippen molar-refractivity contribution in [2.45, 2.75) is 17.7 Å². The third kappa shape index (κ3) is 2.15. The Hall–Kier alpha value is -2.08. The number of carbonyl (C=O) groups is 1. The Morgan fingerprint density at radius 2 is 1.90 bits per heavy atom. The minimum atomic E-state index is -3.52. The highest BCUT2D eigenvalue weighted by Gasteiger charge is 2.34. The van der Waals surface area contributed by atoms with Crippen molar-refractivity contribution in [2.75, 3.05) is 18.0 Å². The number of hydrogen-bond acceptors (Lipinski definition) is 4. The zero-order chi connectivity index (χ0) is 15.0. The van der Waals surface area contributed by atoms with E-state index in [9.17, 15) is 13.2 Å². The summed E-state index contributed by atoms with van der Waals surface area (Å²) in [7, 11) is -2.20. The Morgan fingerprint density at radius 3 is 2.62 bits per heavy atom. The first-order valence-corrected chi connectivity index (χ1v) is 8.11. The van der Waals surface area contributed by atoms with E-state index in [-0.39, 0.29) is 18.9 Å². The van der Waals surface area contributed by atoms with Gasteiger partial charge in [-0.1, -0.05) is 24.3 Å². The van der Waals surface area contributed by atoms with Gasteiger partial charge in [0.1, 0.15) is 0 Å². The number of carbonyl (C=O) groups excluding carboxylic acids is 1. The van der Waals surface area contributed by atoms with Gasteiger partial charge in [0.15, 0.2) is 0 Å². The van der Waals surface area contributed by atoms with Gasteiger partial charge in [-0.2, -0.15) is 0 Å². The largest absolute Gasteiger partial charge is 0.469 e. The standard InChI is InChI=1S/C15H15NO4S/c1-20-14(17)9-4-10-16-12-7-2-5-11-6-3-8-13(15(11)12)21(16,18)19/h2-3,5-8H,4,9-10H2,1H3. The summed E-state index contributed by atoms with van der Waals surface area (Å²) in [6, 6.07) is 10.8. The first kappa shape index (κ1) is 13.9. The van der Waals surface area contributed by atoms with E-state index in [1.807, 2.05) is 18.2 Å². The molecule has 0 fully saturated rings. The molecule has 0 aliphatic carbocycles. The summed E-state index contributed by atoms with van der Waals surface area (Å²) in [5.41, 5.74) is 0.688. The lowest BCUT2D eigenvalue weighted by Crippen LogP contribution is -2.28. The summed E-state index contributed by atoms with van der Waals surface area (Å²) in [6.07, 6.45) is 0.630. The van der Waals surface area contributed by atoms with E-state index < -0.39 is 10.0 Å². The molecule has 1 heterocycles. The van der Waals surface area contributed by atoms with E-state index in [0.717, 1.165) is 10.8 Å². The molecular weight excluding hydrogens is 290 g/mol. The van der Waals surface area contributed by atoms with Gasteiger partial charge in [-0.25, -0.2) is 8.42 Å². The van der Waals surface area contributed by atoms with Crippen LogP contribution >= 0.6 is 0 Å². The molecule has 2 aromatic carbocycles. The van der Waals surface area contributed by atoms with Crippen LogP contribution in [0.15, 0.2) is 41.3 Å². The van der Waals surface area contributed by atoms with Gasteiger partial charge in [-0.3, -0.25) is 9.10 Å². The fraction of sp³-hybridized carbons (Fsp3) is 0.267. The van der Waals surface area contributed by atoms with Crippen molar-refractivity contribution in [1.82, 2.24) is 0 Å². The number of sulfonamides is 1. The van der Waals surface area contributed by atoms with Gasteiger partial charge in [0.25, 0.3) is 10.0 Å². The molecule has 0 N–H and O–H groups in total. The minimum Gasteiger partial charge on any atom is -0.469 e. The van der Waals surface area contributed by atoms with Crippen LogP contribution in [0.25, 0.3) is 10.8 Å². The number of nitrogens with zero attached hydrogens (tertiary/aromatic N) is 1. The highest BCUT2D eigenvalue weighted by Crippen LogP contribution is 2.41. The first-order chi connectivity index (χ1) is 10.1. The van der Waals surface area contributed by atoms with Crippen LogP contribution in [0, 0.1) is 0 Å². The normalized spacial score (nSPS) is 15.4. The topological polar surface area (TPSA) is 63.7 Å².